The molecule has 3 rings (SSSR count). The summed E-state index contributed by atoms with van der Waals surface area (Å²) in [6, 6.07) is 13.1. The summed E-state index contributed by atoms with van der Waals surface area (Å²) in [7, 11) is 3.11. The third-order valence-electron chi connectivity index (χ3n) is 4.81. The fourth-order valence-corrected chi connectivity index (χ4v) is 3.30. The zero-order valence-corrected chi connectivity index (χ0v) is 16.4. The van der Waals surface area contributed by atoms with Crippen molar-refractivity contribution in [2.24, 2.45) is 0 Å². The molecule has 3 amide bonds. The Labute approximate surface area is 169 Å². The predicted molar refractivity (Wildman–Crippen MR) is 108 cm³/mol. The van der Waals surface area contributed by atoms with Crippen molar-refractivity contribution >= 4 is 17.6 Å². The van der Waals surface area contributed by atoms with E-state index in [2.05, 4.69) is 10.6 Å². The average Bonchev–Trinajstić information content (AvgIpc) is 3.14. The van der Waals surface area contributed by atoms with Crippen LogP contribution in [0.5, 0.6) is 11.5 Å². The van der Waals surface area contributed by atoms with Crippen molar-refractivity contribution in [3.8, 4) is 11.5 Å². The van der Waals surface area contributed by atoms with Crippen molar-refractivity contribution in [3.63, 3.8) is 0 Å². The van der Waals surface area contributed by atoms with Crippen LogP contribution in [0.25, 0.3) is 0 Å². The highest BCUT2D eigenvalue weighted by molar-refractivity contribution is 5.94. The fraction of sp³-hybridized carbons (Fsp3) is 0.333. The standard InChI is InChI=1S/C21H25N3O5/c1-28-17-9-8-14(19(11-17)29-2)12-22-20(26)18-10-16(25)13-24(18)21(27)23-15-6-4-3-5-7-15/h3-9,11,16,18,25H,10,12-13H2,1-2H3,(H,22,26)(H,23,27)/t16-,18+/m1/s1. The van der Waals surface area contributed by atoms with E-state index in [1.165, 1.54) is 4.90 Å². The molecule has 29 heavy (non-hydrogen) atoms. The van der Waals surface area contributed by atoms with E-state index in [9.17, 15) is 14.7 Å². The van der Waals surface area contributed by atoms with Gasteiger partial charge in [0, 0.05) is 36.8 Å². The number of likely N-dealkylation sites (tertiary alicyclic amines) is 1. The molecule has 1 fully saturated rings. The second-order valence-corrected chi connectivity index (χ2v) is 6.75. The first-order valence-corrected chi connectivity index (χ1v) is 9.31. The molecule has 3 N–H and O–H groups in total. The van der Waals surface area contributed by atoms with Gasteiger partial charge in [0.1, 0.15) is 17.5 Å². The van der Waals surface area contributed by atoms with Crippen LogP contribution >= 0.6 is 0 Å². The molecule has 1 saturated heterocycles. The number of ether oxygens (including phenoxy) is 2. The first-order chi connectivity index (χ1) is 14.0. The van der Waals surface area contributed by atoms with E-state index in [1.807, 2.05) is 6.07 Å². The zero-order valence-electron chi connectivity index (χ0n) is 16.4. The molecule has 154 valence electrons. The van der Waals surface area contributed by atoms with Crippen LogP contribution in [-0.4, -0.2) is 54.9 Å². The maximum absolute atomic E-state index is 12.7. The van der Waals surface area contributed by atoms with Crippen LogP contribution in [0.15, 0.2) is 48.5 Å². The smallest absolute Gasteiger partial charge is 0.322 e. The van der Waals surface area contributed by atoms with E-state index in [4.69, 9.17) is 9.47 Å². The quantitative estimate of drug-likeness (QED) is 0.690. The Bertz CT molecular complexity index is 859. The summed E-state index contributed by atoms with van der Waals surface area (Å²) in [6.45, 7) is 0.329. The van der Waals surface area contributed by atoms with Gasteiger partial charge < -0.3 is 30.1 Å². The molecular formula is C21H25N3O5. The highest BCUT2D eigenvalue weighted by Gasteiger charge is 2.39. The molecular weight excluding hydrogens is 374 g/mol. The van der Waals surface area contributed by atoms with Gasteiger partial charge in [-0.2, -0.15) is 0 Å². The van der Waals surface area contributed by atoms with Crippen molar-refractivity contribution in [1.29, 1.82) is 0 Å². The first-order valence-electron chi connectivity index (χ1n) is 9.31. The second kappa shape index (κ2) is 9.29. The highest BCUT2D eigenvalue weighted by Crippen LogP contribution is 2.25. The summed E-state index contributed by atoms with van der Waals surface area (Å²) in [5, 5.41) is 15.6. The van der Waals surface area contributed by atoms with Crippen molar-refractivity contribution in [3.05, 3.63) is 54.1 Å². The molecule has 0 aromatic heterocycles. The van der Waals surface area contributed by atoms with Crippen LogP contribution in [0, 0.1) is 0 Å². The number of carbonyl (C=O) groups is 2. The molecule has 1 aliphatic heterocycles. The lowest BCUT2D eigenvalue weighted by Gasteiger charge is -2.24. The van der Waals surface area contributed by atoms with Crippen molar-refractivity contribution in [2.45, 2.75) is 25.1 Å². The fourth-order valence-electron chi connectivity index (χ4n) is 3.30. The number of methoxy groups -OCH3 is 2. The van der Waals surface area contributed by atoms with Gasteiger partial charge in [0.25, 0.3) is 0 Å². The monoisotopic (exact) mass is 399 g/mol. The number of hydrogen-bond acceptors (Lipinski definition) is 5. The third kappa shape index (κ3) is 4.97. The lowest BCUT2D eigenvalue weighted by atomic mass is 10.1. The number of nitrogens with zero attached hydrogens (tertiary/aromatic N) is 1. The Kier molecular flexibility index (Phi) is 6.56. The van der Waals surface area contributed by atoms with Crippen molar-refractivity contribution in [1.82, 2.24) is 10.2 Å². The minimum Gasteiger partial charge on any atom is -0.497 e. The number of amides is 3. The number of anilines is 1. The molecule has 0 aliphatic carbocycles. The molecule has 2 atom stereocenters. The number of carbonyl (C=O) groups excluding carboxylic acids is 2. The van der Waals surface area contributed by atoms with Gasteiger partial charge in [-0.05, 0) is 24.3 Å². The number of nitrogens with one attached hydrogen (secondary N) is 2. The number of β-amino-alcohol motifs (C(OH)–C–C–N with tert-alkyl or cyclic N) is 1. The van der Waals surface area contributed by atoms with E-state index in [1.54, 1.807) is 56.7 Å². The topological polar surface area (TPSA) is 100 Å². The zero-order chi connectivity index (χ0) is 20.8. The van der Waals surface area contributed by atoms with Crippen LogP contribution in [0.4, 0.5) is 10.5 Å². The molecule has 1 aliphatic rings. The minimum absolute atomic E-state index is 0.0998. The molecule has 2 aromatic carbocycles. The number of urea groups is 1. The third-order valence-corrected chi connectivity index (χ3v) is 4.81. The van der Waals surface area contributed by atoms with Gasteiger partial charge in [-0.25, -0.2) is 4.79 Å². The van der Waals surface area contributed by atoms with E-state index in [0.29, 0.717) is 17.2 Å². The summed E-state index contributed by atoms with van der Waals surface area (Å²) in [5.74, 6) is 0.914. The Morgan fingerprint density at radius 1 is 1.14 bits per heavy atom. The molecule has 8 nitrogen and oxygen atoms in total. The van der Waals surface area contributed by atoms with Crippen molar-refractivity contribution in [2.75, 3.05) is 26.1 Å². The number of rotatable bonds is 6. The summed E-state index contributed by atoms with van der Waals surface area (Å²) in [6.07, 6.45) is -0.559. The number of aliphatic hydroxyl groups excluding tert-OH is 1. The Morgan fingerprint density at radius 3 is 2.59 bits per heavy atom. The Balaban J connectivity index is 1.65. The van der Waals surface area contributed by atoms with Gasteiger partial charge in [-0.3, -0.25) is 4.79 Å². The van der Waals surface area contributed by atoms with Crippen LogP contribution < -0.4 is 20.1 Å². The van der Waals surface area contributed by atoms with Gasteiger partial charge >= 0.3 is 6.03 Å². The van der Waals surface area contributed by atoms with Crippen LogP contribution in [0.1, 0.15) is 12.0 Å². The Morgan fingerprint density at radius 2 is 1.90 bits per heavy atom. The molecule has 0 bridgehead atoms. The van der Waals surface area contributed by atoms with E-state index in [0.717, 1.165) is 5.56 Å². The normalized spacial score (nSPS) is 18.2. The summed E-state index contributed by atoms with van der Waals surface area (Å²) in [4.78, 5) is 26.7. The lowest BCUT2D eigenvalue weighted by Crippen LogP contribution is -2.47. The highest BCUT2D eigenvalue weighted by atomic mass is 16.5. The largest absolute Gasteiger partial charge is 0.497 e. The molecule has 1 heterocycles. The first kappa shape index (κ1) is 20.5. The second-order valence-electron chi connectivity index (χ2n) is 6.75. The molecule has 0 radical (unpaired) electrons. The summed E-state index contributed by atoms with van der Waals surface area (Å²) in [5.41, 5.74) is 1.40. The van der Waals surface area contributed by atoms with Gasteiger partial charge in [0.2, 0.25) is 5.91 Å². The molecule has 2 aromatic rings. The summed E-state index contributed by atoms with van der Waals surface area (Å²) >= 11 is 0. The summed E-state index contributed by atoms with van der Waals surface area (Å²) < 4.78 is 10.5. The Hall–Kier alpha value is -3.26. The maximum atomic E-state index is 12.7. The van der Waals surface area contributed by atoms with Gasteiger partial charge in [0.05, 0.1) is 20.3 Å². The van der Waals surface area contributed by atoms with Gasteiger partial charge in [-0.15, -0.1) is 0 Å². The van der Waals surface area contributed by atoms with Gasteiger partial charge in [-0.1, -0.05) is 18.2 Å². The lowest BCUT2D eigenvalue weighted by molar-refractivity contribution is -0.124. The van der Waals surface area contributed by atoms with Gasteiger partial charge in [0.15, 0.2) is 0 Å². The predicted octanol–water partition coefficient (Wildman–Crippen LogP) is 1.99. The van der Waals surface area contributed by atoms with Crippen molar-refractivity contribution < 1.29 is 24.2 Å². The molecule has 0 unspecified atom stereocenters. The van der Waals surface area contributed by atoms with E-state index < -0.39 is 18.2 Å². The molecule has 0 saturated carbocycles. The molecule has 8 heteroatoms. The minimum atomic E-state index is -0.752. The molecule has 0 spiro atoms. The number of para-hydroxylation sites is 1. The van der Waals surface area contributed by atoms with Crippen LogP contribution in [0.3, 0.4) is 0 Å². The van der Waals surface area contributed by atoms with Crippen LogP contribution in [0.2, 0.25) is 0 Å². The number of hydrogen-bond donors (Lipinski definition) is 3. The average molecular weight is 399 g/mol. The van der Waals surface area contributed by atoms with E-state index >= 15 is 0 Å². The number of benzene rings is 2. The maximum Gasteiger partial charge on any atom is 0.322 e. The number of aliphatic hydroxyl groups is 1. The van der Waals surface area contributed by atoms with E-state index in [-0.39, 0.29) is 25.4 Å². The van der Waals surface area contributed by atoms with Crippen LogP contribution in [-0.2, 0) is 11.3 Å². The SMILES string of the molecule is COc1ccc(CNC(=O)[C@@H]2C[C@@H](O)CN2C(=O)Nc2ccccc2)c(OC)c1.